The molecule has 1 aromatic carbocycles. The monoisotopic (exact) mass is 295 g/mol. The molecule has 4 heteroatoms. The first-order chi connectivity index (χ1) is 9.78. The summed E-state index contributed by atoms with van der Waals surface area (Å²) in [6, 6.07) is 8.11. The van der Waals surface area contributed by atoms with E-state index in [1.54, 1.807) is 7.11 Å². The van der Waals surface area contributed by atoms with Crippen LogP contribution in [0.1, 0.15) is 12.0 Å². The molecule has 3 nitrogen and oxygen atoms in total. The first-order valence-corrected chi connectivity index (χ1v) is 7.72. The van der Waals surface area contributed by atoms with E-state index in [0.29, 0.717) is 17.9 Å². The van der Waals surface area contributed by atoms with Crippen molar-refractivity contribution in [1.82, 2.24) is 4.90 Å². The Bertz CT molecular complexity index is 454. The SMILES string of the molecule is COCC[C@H]1CO[C@H]2CN(Cc3ccccc3Cl)C[C@@H]12. The summed E-state index contributed by atoms with van der Waals surface area (Å²) in [6.45, 7) is 4.80. The smallest absolute Gasteiger partial charge is 0.0746 e. The molecule has 0 aromatic heterocycles. The van der Waals surface area contributed by atoms with E-state index in [1.165, 1.54) is 5.56 Å². The minimum Gasteiger partial charge on any atom is -0.385 e. The molecule has 1 aromatic rings. The lowest BCUT2D eigenvalue weighted by Gasteiger charge is -2.20. The summed E-state index contributed by atoms with van der Waals surface area (Å²) in [4.78, 5) is 2.47. The zero-order valence-electron chi connectivity index (χ0n) is 11.9. The minimum atomic E-state index is 0.402. The summed E-state index contributed by atoms with van der Waals surface area (Å²) >= 11 is 6.25. The number of rotatable bonds is 5. The highest BCUT2D eigenvalue weighted by molar-refractivity contribution is 6.31. The fraction of sp³-hybridized carbons (Fsp3) is 0.625. The molecule has 0 saturated carbocycles. The number of halogens is 1. The number of hydrogen-bond acceptors (Lipinski definition) is 3. The summed E-state index contributed by atoms with van der Waals surface area (Å²) in [5.41, 5.74) is 1.21. The molecular formula is C16H22ClNO2. The van der Waals surface area contributed by atoms with Gasteiger partial charge in [-0.15, -0.1) is 0 Å². The Morgan fingerprint density at radius 2 is 2.20 bits per heavy atom. The van der Waals surface area contributed by atoms with Gasteiger partial charge in [0.2, 0.25) is 0 Å². The van der Waals surface area contributed by atoms with Gasteiger partial charge in [-0.2, -0.15) is 0 Å². The first-order valence-electron chi connectivity index (χ1n) is 7.34. The molecule has 3 atom stereocenters. The van der Waals surface area contributed by atoms with Gasteiger partial charge in [0.1, 0.15) is 0 Å². The van der Waals surface area contributed by atoms with Crippen LogP contribution in [-0.2, 0) is 16.0 Å². The number of hydrogen-bond donors (Lipinski definition) is 0. The van der Waals surface area contributed by atoms with Gasteiger partial charge in [-0.05, 0) is 24.0 Å². The van der Waals surface area contributed by atoms with Crippen LogP contribution in [0.15, 0.2) is 24.3 Å². The van der Waals surface area contributed by atoms with Gasteiger partial charge in [0.25, 0.3) is 0 Å². The zero-order chi connectivity index (χ0) is 13.9. The van der Waals surface area contributed by atoms with E-state index in [-0.39, 0.29) is 0 Å². The molecule has 0 radical (unpaired) electrons. The van der Waals surface area contributed by atoms with Gasteiger partial charge in [-0.3, -0.25) is 4.90 Å². The Labute approximate surface area is 125 Å². The van der Waals surface area contributed by atoms with Crippen molar-refractivity contribution in [2.45, 2.75) is 19.1 Å². The Hall–Kier alpha value is -0.610. The molecule has 2 heterocycles. The highest BCUT2D eigenvalue weighted by Gasteiger charge is 2.43. The summed E-state index contributed by atoms with van der Waals surface area (Å²) in [5.74, 6) is 1.31. The van der Waals surface area contributed by atoms with Crippen LogP contribution in [0.4, 0.5) is 0 Å². The average molecular weight is 296 g/mol. The number of nitrogens with zero attached hydrogens (tertiary/aromatic N) is 1. The zero-order valence-corrected chi connectivity index (χ0v) is 12.7. The molecule has 0 N–H and O–H groups in total. The Morgan fingerprint density at radius 1 is 1.35 bits per heavy atom. The molecule has 110 valence electrons. The molecule has 0 spiro atoms. The van der Waals surface area contributed by atoms with Gasteiger partial charge in [0, 0.05) is 44.3 Å². The van der Waals surface area contributed by atoms with Gasteiger partial charge < -0.3 is 9.47 Å². The summed E-state index contributed by atoms with van der Waals surface area (Å²) in [7, 11) is 1.77. The van der Waals surface area contributed by atoms with Crippen LogP contribution in [0.2, 0.25) is 5.02 Å². The number of methoxy groups -OCH3 is 1. The second-order valence-electron chi connectivity index (χ2n) is 5.86. The Balaban J connectivity index is 1.58. The summed E-state index contributed by atoms with van der Waals surface area (Å²) < 4.78 is 11.2. The molecule has 2 aliphatic rings. The predicted molar refractivity (Wildman–Crippen MR) is 79.9 cm³/mol. The van der Waals surface area contributed by atoms with Crippen LogP contribution >= 0.6 is 11.6 Å². The molecule has 0 unspecified atom stereocenters. The van der Waals surface area contributed by atoms with E-state index in [1.807, 2.05) is 12.1 Å². The van der Waals surface area contributed by atoms with E-state index in [2.05, 4.69) is 17.0 Å². The lowest BCUT2D eigenvalue weighted by Crippen LogP contribution is -2.24. The predicted octanol–water partition coefficient (Wildman–Crippen LogP) is 2.82. The van der Waals surface area contributed by atoms with E-state index in [4.69, 9.17) is 21.1 Å². The lowest BCUT2D eigenvalue weighted by molar-refractivity contribution is 0.0904. The van der Waals surface area contributed by atoms with Gasteiger partial charge in [0.05, 0.1) is 12.7 Å². The fourth-order valence-electron chi connectivity index (χ4n) is 3.44. The van der Waals surface area contributed by atoms with E-state index >= 15 is 0 Å². The molecule has 20 heavy (non-hydrogen) atoms. The van der Waals surface area contributed by atoms with Crippen molar-refractivity contribution in [1.29, 1.82) is 0 Å². The molecule has 0 amide bonds. The molecule has 0 aliphatic carbocycles. The second-order valence-corrected chi connectivity index (χ2v) is 6.27. The minimum absolute atomic E-state index is 0.402. The maximum absolute atomic E-state index is 6.25. The fourth-order valence-corrected chi connectivity index (χ4v) is 3.64. The number of fused-ring (bicyclic) bond motifs is 1. The van der Waals surface area contributed by atoms with Crippen LogP contribution in [-0.4, -0.2) is 44.4 Å². The maximum Gasteiger partial charge on any atom is 0.0746 e. The molecular weight excluding hydrogens is 274 g/mol. The standard InChI is InChI=1S/C16H22ClNO2/c1-19-7-6-13-11-20-16-10-18(9-14(13)16)8-12-4-2-3-5-15(12)17/h2-5,13-14,16H,6-11H2,1H3/t13-,14-,16-/m0/s1. The van der Waals surface area contributed by atoms with E-state index in [0.717, 1.165) is 44.3 Å². The number of ether oxygens (including phenoxy) is 2. The van der Waals surface area contributed by atoms with Crippen molar-refractivity contribution in [3.8, 4) is 0 Å². The lowest BCUT2D eigenvalue weighted by atomic mass is 9.91. The van der Waals surface area contributed by atoms with Crippen molar-refractivity contribution in [3.63, 3.8) is 0 Å². The van der Waals surface area contributed by atoms with E-state index in [9.17, 15) is 0 Å². The van der Waals surface area contributed by atoms with Crippen molar-refractivity contribution < 1.29 is 9.47 Å². The highest BCUT2D eigenvalue weighted by Crippen LogP contribution is 2.36. The molecule has 3 rings (SSSR count). The normalized spacial score (nSPS) is 29.8. The molecule has 2 aliphatic heterocycles. The maximum atomic E-state index is 6.25. The summed E-state index contributed by atoms with van der Waals surface area (Å²) in [6.07, 6.45) is 1.51. The second kappa shape index (κ2) is 6.44. The van der Waals surface area contributed by atoms with E-state index < -0.39 is 0 Å². The van der Waals surface area contributed by atoms with Gasteiger partial charge >= 0.3 is 0 Å². The van der Waals surface area contributed by atoms with Crippen LogP contribution in [0.3, 0.4) is 0 Å². The topological polar surface area (TPSA) is 21.7 Å². The van der Waals surface area contributed by atoms with Crippen LogP contribution in [0.5, 0.6) is 0 Å². The summed E-state index contributed by atoms with van der Waals surface area (Å²) in [5, 5.41) is 0.862. The number of likely N-dealkylation sites (tertiary alicyclic amines) is 1. The van der Waals surface area contributed by atoms with Crippen molar-refractivity contribution in [2.75, 3.05) is 33.4 Å². The Morgan fingerprint density at radius 3 is 3.00 bits per heavy atom. The largest absolute Gasteiger partial charge is 0.385 e. The van der Waals surface area contributed by atoms with Gasteiger partial charge in [-0.25, -0.2) is 0 Å². The van der Waals surface area contributed by atoms with Crippen molar-refractivity contribution >= 4 is 11.6 Å². The molecule has 0 bridgehead atoms. The third-order valence-corrected chi connectivity index (χ3v) is 4.93. The van der Waals surface area contributed by atoms with Crippen LogP contribution in [0, 0.1) is 11.8 Å². The average Bonchev–Trinajstić information content (AvgIpc) is 2.99. The highest BCUT2D eigenvalue weighted by atomic mass is 35.5. The van der Waals surface area contributed by atoms with Crippen molar-refractivity contribution in [3.05, 3.63) is 34.9 Å². The molecule has 2 saturated heterocycles. The van der Waals surface area contributed by atoms with Gasteiger partial charge in [0.15, 0.2) is 0 Å². The van der Waals surface area contributed by atoms with Crippen LogP contribution in [0.25, 0.3) is 0 Å². The number of benzene rings is 1. The van der Waals surface area contributed by atoms with Crippen LogP contribution < -0.4 is 0 Å². The molecule has 2 fully saturated rings. The van der Waals surface area contributed by atoms with Crippen molar-refractivity contribution in [2.24, 2.45) is 11.8 Å². The first kappa shape index (κ1) is 14.3. The third kappa shape index (κ3) is 3.01. The quantitative estimate of drug-likeness (QED) is 0.834. The Kier molecular flexibility index (Phi) is 4.61. The van der Waals surface area contributed by atoms with Gasteiger partial charge in [-0.1, -0.05) is 29.8 Å². The third-order valence-electron chi connectivity index (χ3n) is 4.56.